The second-order valence-electron chi connectivity index (χ2n) is 3.00. The van der Waals surface area contributed by atoms with Gasteiger partial charge in [0.1, 0.15) is 0 Å². The molecule has 1 heterocycles. The first-order valence-electron chi connectivity index (χ1n) is 4.31. The number of primary amides is 1. The molecule has 1 aromatic rings. The van der Waals surface area contributed by atoms with Crippen LogP contribution in [0.5, 0.6) is 0 Å². The van der Waals surface area contributed by atoms with E-state index in [1.807, 2.05) is 19.9 Å². The number of aromatic nitrogens is 2. The molecule has 0 aliphatic rings. The molecule has 1 aromatic heterocycles. The maximum atomic E-state index is 10.5. The fourth-order valence-electron chi connectivity index (χ4n) is 1.00. The molecule has 0 radical (unpaired) electrons. The van der Waals surface area contributed by atoms with Crippen molar-refractivity contribution in [2.45, 2.75) is 25.4 Å². The minimum absolute atomic E-state index is 0.290. The zero-order valence-corrected chi connectivity index (χ0v) is 9.10. The van der Waals surface area contributed by atoms with E-state index >= 15 is 0 Å². The molecule has 0 aliphatic carbocycles. The van der Waals surface area contributed by atoms with Gasteiger partial charge in [0.05, 0.1) is 0 Å². The molecule has 0 spiro atoms. The zero-order valence-electron chi connectivity index (χ0n) is 8.28. The molecular formula is C9H13N3OS. The maximum Gasteiger partial charge on any atom is 0.218 e. The van der Waals surface area contributed by atoms with Crippen LogP contribution in [0.15, 0.2) is 11.2 Å². The number of rotatable bonds is 4. The lowest BCUT2D eigenvalue weighted by Gasteiger charge is -2.01. The first-order valence-corrected chi connectivity index (χ1v) is 5.30. The lowest BCUT2D eigenvalue weighted by atomic mass is 10.4. The standard InChI is InChI=1S/C9H13N3OS/c1-6-5-7(2)12-9(11-6)14-4-3-8(10)13/h5H,3-4H2,1-2H3,(H2,10,13). The second kappa shape index (κ2) is 4.95. The van der Waals surface area contributed by atoms with Crippen LogP contribution in [0.3, 0.4) is 0 Å². The largest absolute Gasteiger partial charge is 0.370 e. The van der Waals surface area contributed by atoms with Crippen molar-refractivity contribution in [1.82, 2.24) is 9.97 Å². The quantitative estimate of drug-likeness (QED) is 0.597. The number of nitrogens with two attached hydrogens (primary N) is 1. The molecule has 5 heteroatoms. The highest BCUT2D eigenvalue weighted by Crippen LogP contribution is 2.14. The Bertz CT molecular complexity index is 321. The van der Waals surface area contributed by atoms with Crippen LogP contribution in [0.1, 0.15) is 17.8 Å². The predicted molar refractivity (Wildman–Crippen MR) is 56.0 cm³/mol. The Kier molecular flexibility index (Phi) is 3.88. The van der Waals surface area contributed by atoms with Crippen molar-refractivity contribution in [1.29, 1.82) is 0 Å². The number of amides is 1. The van der Waals surface area contributed by atoms with Gasteiger partial charge in [-0.3, -0.25) is 4.79 Å². The molecule has 2 N–H and O–H groups in total. The topological polar surface area (TPSA) is 68.9 Å². The summed E-state index contributed by atoms with van der Waals surface area (Å²) in [6.07, 6.45) is 0.362. The highest BCUT2D eigenvalue weighted by molar-refractivity contribution is 7.99. The van der Waals surface area contributed by atoms with E-state index in [-0.39, 0.29) is 5.91 Å². The normalized spacial score (nSPS) is 10.1. The smallest absolute Gasteiger partial charge is 0.218 e. The Morgan fingerprint density at radius 1 is 1.43 bits per heavy atom. The van der Waals surface area contributed by atoms with Gasteiger partial charge in [-0.1, -0.05) is 11.8 Å². The first kappa shape index (κ1) is 11.0. The molecule has 0 unspecified atom stereocenters. The Balaban J connectivity index is 2.54. The molecule has 0 aliphatic heterocycles. The van der Waals surface area contributed by atoms with Crippen LogP contribution >= 0.6 is 11.8 Å². The van der Waals surface area contributed by atoms with Crippen molar-refractivity contribution < 1.29 is 4.79 Å². The van der Waals surface area contributed by atoms with Crippen LogP contribution < -0.4 is 5.73 Å². The lowest BCUT2D eigenvalue weighted by Crippen LogP contribution is -2.11. The van der Waals surface area contributed by atoms with Crippen molar-refractivity contribution in [3.8, 4) is 0 Å². The summed E-state index contributed by atoms with van der Waals surface area (Å²) >= 11 is 1.45. The summed E-state index contributed by atoms with van der Waals surface area (Å²) in [5.74, 6) is 0.347. The summed E-state index contributed by atoms with van der Waals surface area (Å²) in [6, 6.07) is 1.91. The van der Waals surface area contributed by atoms with Gasteiger partial charge in [0.25, 0.3) is 0 Å². The molecule has 14 heavy (non-hydrogen) atoms. The summed E-state index contributed by atoms with van der Waals surface area (Å²) in [6.45, 7) is 3.85. The number of hydrogen-bond acceptors (Lipinski definition) is 4. The van der Waals surface area contributed by atoms with E-state index in [9.17, 15) is 4.79 Å². The summed E-state index contributed by atoms with van der Waals surface area (Å²) in [4.78, 5) is 19.0. The van der Waals surface area contributed by atoms with E-state index in [1.54, 1.807) is 0 Å². The lowest BCUT2D eigenvalue weighted by molar-refractivity contribution is -0.117. The zero-order chi connectivity index (χ0) is 10.6. The number of carbonyl (C=O) groups is 1. The predicted octanol–water partition coefficient (Wildman–Crippen LogP) is 1.06. The van der Waals surface area contributed by atoms with Gasteiger partial charge < -0.3 is 5.73 Å². The van der Waals surface area contributed by atoms with E-state index in [2.05, 4.69) is 9.97 Å². The van der Waals surface area contributed by atoms with Crippen molar-refractivity contribution in [3.05, 3.63) is 17.5 Å². The molecule has 76 valence electrons. The van der Waals surface area contributed by atoms with E-state index in [0.717, 1.165) is 11.4 Å². The number of nitrogens with zero attached hydrogens (tertiary/aromatic N) is 2. The number of aryl methyl sites for hydroxylation is 2. The molecule has 0 atom stereocenters. The molecule has 1 amide bonds. The van der Waals surface area contributed by atoms with E-state index < -0.39 is 0 Å². The number of thioether (sulfide) groups is 1. The van der Waals surface area contributed by atoms with Crippen molar-refractivity contribution >= 4 is 17.7 Å². The SMILES string of the molecule is Cc1cc(C)nc(SCCC(N)=O)n1. The Hall–Kier alpha value is -1.10. The van der Waals surface area contributed by atoms with Crippen molar-refractivity contribution in [2.24, 2.45) is 5.73 Å². The summed E-state index contributed by atoms with van der Waals surface area (Å²) < 4.78 is 0. The van der Waals surface area contributed by atoms with Crippen LogP contribution in [0.25, 0.3) is 0 Å². The van der Waals surface area contributed by atoms with Crippen LogP contribution in [0.2, 0.25) is 0 Å². The Morgan fingerprint density at radius 3 is 2.50 bits per heavy atom. The van der Waals surface area contributed by atoms with Crippen LogP contribution in [-0.4, -0.2) is 21.6 Å². The summed E-state index contributed by atoms with van der Waals surface area (Å²) in [7, 11) is 0. The second-order valence-corrected chi connectivity index (χ2v) is 4.06. The third-order valence-electron chi connectivity index (χ3n) is 1.54. The third-order valence-corrected chi connectivity index (χ3v) is 2.39. The number of hydrogen-bond donors (Lipinski definition) is 1. The van der Waals surface area contributed by atoms with Crippen molar-refractivity contribution in [3.63, 3.8) is 0 Å². The minimum Gasteiger partial charge on any atom is -0.370 e. The van der Waals surface area contributed by atoms with Gasteiger partial charge in [-0.05, 0) is 19.9 Å². The van der Waals surface area contributed by atoms with Gasteiger partial charge in [0, 0.05) is 23.6 Å². The summed E-state index contributed by atoms with van der Waals surface area (Å²) in [5, 5.41) is 0.712. The molecule has 0 bridgehead atoms. The van der Waals surface area contributed by atoms with Gasteiger partial charge >= 0.3 is 0 Å². The first-order chi connectivity index (χ1) is 6.58. The van der Waals surface area contributed by atoms with Gasteiger partial charge in [-0.25, -0.2) is 9.97 Å². The molecule has 0 saturated carbocycles. The van der Waals surface area contributed by atoms with E-state index in [0.29, 0.717) is 17.3 Å². The molecule has 0 saturated heterocycles. The van der Waals surface area contributed by atoms with Crippen LogP contribution in [-0.2, 0) is 4.79 Å². The van der Waals surface area contributed by atoms with Gasteiger partial charge in [0.2, 0.25) is 5.91 Å². The van der Waals surface area contributed by atoms with Gasteiger partial charge in [0.15, 0.2) is 5.16 Å². The maximum absolute atomic E-state index is 10.5. The monoisotopic (exact) mass is 211 g/mol. The fraction of sp³-hybridized carbons (Fsp3) is 0.444. The fourth-order valence-corrected chi connectivity index (χ4v) is 1.90. The molecule has 1 rings (SSSR count). The third kappa shape index (κ3) is 3.74. The minimum atomic E-state index is -0.290. The van der Waals surface area contributed by atoms with E-state index in [4.69, 9.17) is 5.73 Å². The van der Waals surface area contributed by atoms with Crippen molar-refractivity contribution in [2.75, 3.05) is 5.75 Å². The highest BCUT2D eigenvalue weighted by atomic mass is 32.2. The van der Waals surface area contributed by atoms with E-state index in [1.165, 1.54) is 11.8 Å². The average molecular weight is 211 g/mol. The molecule has 0 aromatic carbocycles. The Morgan fingerprint density at radius 2 is 2.00 bits per heavy atom. The molecule has 0 fully saturated rings. The highest BCUT2D eigenvalue weighted by Gasteiger charge is 2.01. The molecular weight excluding hydrogens is 198 g/mol. The number of carbonyl (C=O) groups excluding carboxylic acids is 1. The van der Waals surface area contributed by atoms with Gasteiger partial charge in [-0.15, -0.1) is 0 Å². The van der Waals surface area contributed by atoms with Crippen LogP contribution in [0, 0.1) is 13.8 Å². The summed E-state index contributed by atoms with van der Waals surface area (Å²) in [5.41, 5.74) is 6.91. The van der Waals surface area contributed by atoms with Gasteiger partial charge in [-0.2, -0.15) is 0 Å². The Labute approximate surface area is 87.3 Å². The molecule has 4 nitrogen and oxygen atoms in total. The van der Waals surface area contributed by atoms with Crippen LogP contribution in [0.4, 0.5) is 0 Å². The average Bonchev–Trinajstić information content (AvgIpc) is 2.01.